The standard InChI is InChI=1S/C27H27N9O3/c1-33-13-16(11-29-33)23-21(14-5-6-19-15(7-14)10-30-35(19)3)22-24-20(12-28-25(22)32-23)34(2)27(38)36(24)18-8-17(9-18)31-26(37)39-4/h5-7,10-13,17-18H,8-9H2,1-4H3,(H,28,32)(H,31,37)/t17-,18+. The highest BCUT2D eigenvalue weighted by atomic mass is 16.5. The quantitative estimate of drug-likeness (QED) is 0.364. The molecule has 0 aliphatic heterocycles. The number of imidazole rings is 1. The van der Waals surface area contributed by atoms with Crippen molar-refractivity contribution in [3.63, 3.8) is 0 Å². The first-order valence-corrected chi connectivity index (χ1v) is 12.7. The first kappa shape index (κ1) is 23.3. The summed E-state index contributed by atoms with van der Waals surface area (Å²) in [5.41, 5.74) is 6.90. The summed E-state index contributed by atoms with van der Waals surface area (Å²) < 4.78 is 11.9. The van der Waals surface area contributed by atoms with E-state index in [1.807, 2.05) is 41.9 Å². The van der Waals surface area contributed by atoms with Gasteiger partial charge in [0.25, 0.3) is 0 Å². The van der Waals surface area contributed by atoms with E-state index in [0.717, 1.165) is 49.7 Å². The van der Waals surface area contributed by atoms with Crippen LogP contribution in [0, 0.1) is 0 Å². The number of alkyl carbamates (subject to hydrolysis) is 1. The minimum absolute atomic E-state index is 0.0495. The monoisotopic (exact) mass is 525 g/mol. The molecule has 1 amide bonds. The number of aryl methyl sites for hydroxylation is 3. The Labute approximate surface area is 221 Å². The SMILES string of the molecule is COC(=O)N[C@H]1C[C@@H](n2c(=O)n(C)c3cnc4[nH]c(-c5cnn(C)c5)c(-c5ccc6c(cnn6C)c5)c4c32)C1. The van der Waals surface area contributed by atoms with Crippen LogP contribution in [-0.4, -0.2) is 57.9 Å². The molecule has 0 spiro atoms. The molecule has 1 aromatic carbocycles. The summed E-state index contributed by atoms with van der Waals surface area (Å²) in [6, 6.07) is 6.14. The van der Waals surface area contributed by atoms with Gasteiger partial charge in [-0.1, -0.05) is 6.07 Å². The third-order valence-electron chi connectivity index (χ3n) is 7.88. The summed E-state index contributed by atoms with van der Waals surface area (Å²) in [5, 5.41) is 13.5. The Morgan fingerprint density at radius 2 is 1.90 bits per heavy atom. The molecule has 0 unspecified atom stereocenters. The molecular weight excluding hydrogens is 498 g/mol. The number of carbonyl (C=O) groups is 1. The number of nitrogens with one attached hydrogen (secondary N) is 2. The maximum absolute atomic E-state index is 13.6. The van der Waals surface area contributed by atoms with Gasteiger partial charge in [-0.15, -0.1) is 0 Å². The van der Waals surface area contributed by atoms with Gasteiger partial charge >= 0.3 is 11.8 Å². The van der Waals surface area contributed by atoms with E-state index in [9.17, 15) is 9.59 Å². The largest absolute Gasteiger partial charge is 0.453 e. The molecule has 198 valence electrons. The van der Waals surface area contributed by atoms with Crippen molar-refractivity contribution in [2.24, 2.45) is 21.1 Å². The van der Waals surface area contributed by atoms with Crippen LogP contribution in [-0.2, 0) is 25.9 Å². The minimum atomic E-state index is -0.463. The zero-order valence-electron chi connectivity index (χ0n) is 22.0. The summed E-state index contributed by atoms with van der Waals surface area (Å²) in [4.78, 5) is 33.6. The summed E-state index contributed by atoms with van der Waals surface area (Å²) >= 11 is 0. The summed E-state index contributed by atoms with van der Waals surface area (Å²) in [7, 11) is 6.92. The molecule has 1 aliphatic rings. The van der Waals surface area contributed by atoms with Crippen molar-refractivity contribution in [1.29, 1.82) is 0 Å². The van der Waals surface area contributed by atoms with Crippen LogP contribution in [0.25, 0.3) is 55.4 Å². The van der Waals surface area contributed by atoms with Gasteiger partial charge < -0.3 is 15.0 Å². The number of hydrogen-bond acceptors (Lipinski definition) is 6. The average molecular weight is 526 g/mol. The van der Waals surface area contributed by atoms with E-state index in [2.05, 4.69) is 38.7 Å². The number of ether oxygens (including phenoxy) is 1. The first-order valence-electron chi connectivity index (χ1n) is 12.7. The number of nitrogens with zero attached hydrogens (tertiary/aromatic N) is 7. The Kier molecular flexibility index (Phi) is 4.96. The molecule has 5 heterocycles. The number of benzene rings is 1. The number of amides is 1. The molecule has 0 atom stereocenters. The van der Waals surface area contributed by atoms with Gasteiger partial charge in [0.15, 0.2) is 0 Å². The minimum Gasteiger partial charge on any atom is -0.453 e. The second-order valence-electron chi connectivity index (χ2n) is 10.2. The van der Waals surface area contributed by atoms with Crippen LogP contribution in [0.4, 0.5) is 4.79 Å². The predicted molar refractivity (Wildman–Crippen MR) is 146 cm³/mol. The highest BCUT2D eigenvalue weighted by molar-refractivity contribution is 6.14. The number of H-pyrrole nitrogens is 1. The molecule has 0 bridgehead atoms. The van der Waals surface area contributed by atoms with Crippen LogP contribution in [0.2, 0.25) is 0 Å². The second kappa shape index (κ2) is 8.32. The van der Waals surface area contributed by atoms with Crippen LogP contribution in [0.3, 0.4) is 0 Å². The molecule has 1 saturated carbocycles. The van der Waals surface area contributed by atoms with Gasteiger partial charge in [0, 0.05) is 55.9 Å². The predicted octanol–water partition coefficient (Wildman–Crippen LogP) is 3.23. The van der Waals surface area contributed by atoms with E-state index in [-0.39, 0.29) is 17.8 Å². The van der Waals surface area contributed by atoms with Crippen LogP contribution >= 0.6 is 0 Å². The van der Waals surface area contributed by atoms with Crippen molar-refractivity contribution in [3.05, 3.63) is 53.5 Å². The maximum atomic E-state index is 13.6. The van der Waals surface area contributed by atoms with Gasteiger partial charge in [0.2, 0.25) is 0 Å². The fraction of sp³-hybridized carbons (Fsp3) is 0.296. The smallest absolute Gasteiger partial charge is 0.407 e. The topological polar surface area (TPSA) is 130 Å². The molecule has 2 N–H and O–H groups in total. The molecule has 0 saturated heterocycles. The number of carbonyl (C=O) groups excluding carboxylic acids is 1. The number of pyridine rings is 1. The molecule has 12 heteroatoms. The van der Waals surface area contributed by atoms with Crippen LogP contribution < -0.4 is 11.0 Å². The number of aromatic nitrogens is 8. The van der Waals surface area contributed by atoms with E-state index in [4.69, 9.17) is 9.72 Å². The number of aromatic amines is 1. The Bertz CT molecular complexity index is 1980. The highest BCUT2D eigenvalue weighted by Crippen LogP contribution is 2.43. The van der Waals surface area contributed by atoms with E-state index in [1.165, 1.54) is 7.11 Å². The molecule has 0 radical (unpaired) electrons. The van der Waals surface area contributed by atoms with Gasteiger partial charge in [-0.05, 0) is 30.5 Å². The van der Waals surface area contributed by atoms with Crippen molar-refractivity contribution >= 4 is 39.1 Å². The van der Waals surface area contributed by atoms with Gasteiger partial charge in [0.1, 0.15) is 5.65 Å². The summed E-state index contributed by atoms with van der Waals surface area (Å²) in [5.74, 6) is 0. The van der Waals surface area contributed by atoms with Crippen molar-refractivity contribution in [2.75, 3.05) is 7.11 Å². The summed E-state index contributed by atoms with van der Waals surface area (Å²) in [6.07, 6.45) is 8.18. The molecule has 5 aromatic heterocycles. The lowest BCUT2D eigenvalue weighted by Gasteiger charge is -2.36. The molecule has 12 nitrogen and oxygen atoms in total. The molecule has 1 fully saturated rings. The van der Waals surface area contributed by atoms with Crippen molar-refractivity contribution < 1.29 is 9.53 Å². The highest BCUT2D eigenvalue weighted by Gasteiger charge is 2.35. The van der Waals surface area contributed by atoms with Gasteiger partial charge in [-0.25, -0.2) is 14.6 Å². The fourth-order valence-corrected chi connectivity index (χ4v) is 5.83. The summed E-state index contributed by atoms with van der Waals surface area (Å²) in [6.45, 7) is 0. The van der Waals surface area contributed by atoms with Crippen molar-refractivity contribution in [3.8, 4) is 22.4 Å². The van der Waals surface area contributed by atoms with Crippen LogP contribution in [0.1, 0.15) is 18.9 Å². The van der Waals surface area contributed by atoms with Gasteiger partial charge in [0.05, 0.1) is 53.3 Å². The van der Waals surface area contributed by atoms with Gasteiger partial charge in [-0.2, -0.15) is 10.2 Å². The lowest BCUT2D eigenvalue weighted by molar-refractivity contribution is 0.149. The zero-order chi connectivity index (χ0) is 27.0. The maximum Gasteiger partial charge on any atom is 0.407 e. The van der Waals surface area contributed by atoms with E-state index < -0.39 is 6.09 Å². The number of rotatable bonds is 4. The molecular formula is C27H27N9O3. The normalized spacial score (nSPS) is 17.2. The van der Waals surface area contributed by atoms with E-state index >= 15 is 0 Å². The second-order valence-corrected chi connectivity index (χ2v) is 10.2. The lowest BCUT2D eigenvalue weighted by Crippen LogP contribution is -2.46. The lowest BCUT2D eigenvalue weighted by atomic mass is 9.86. The van der Waals surface area contributed by atoms with Crippen molar-refractivity contribution in [2.45, 2.75) is 24.9 Å². The fourth-order valence-electron chi connectivity index (χ4n) is 5.83. The Balaban J connectivity index is 1.50. The average Bonchev–Trinajstić information content (AvgIpc) is 3.66. The van der Waals surface area contributed by atoms with Gasteiger partial charge in [-0.3, -0.25) is 18.5 Å². The third kappa shape index (κ3) is 3.40. The molecule has 7 rings (SSSR count). The third-order valence-corrected chi connectivity index (χ3v) is 7.88. The number of methoxy groups -OCH3 is 1. The van der Waals surface area contributed by atoms with Crippen LogP contribution in [0.5, 0.6) is 0 Å². The zero-order valence-corrected chi connectivity index (χ0v) is 22.0. The molecule has 6 aromatic rings. The molecule has 39 heavy (non-hydrogen) atoms. The first-order chi connectivity index (χ1) is 18.8. The van der Waals surface area contributed by atoms with Crippen molar-refractivity contribution in [1.82, 2.24) is 44.0 Å². The Morgan fingerprint density at radius 3 is 2.64 bits per heavy atom. The Morgan fingerprint density at radius 1 is 1.08 bits per heavy atom. The number of hydrogen-bond donors (Lipinski definition) is 2. The van der Waals surface area contributed by atoms with Crippen LogP contribution in [0.15, 0.2) is 47.8 Å². The number of fused-ring (bicyclic) bond motifs is 4. The van der Waals surface area contributed by atoms with E-state index in [0.29, 0.717) is 18.5 Å². The van der Waals surface area contributed by atoms with E-state index in [1.54, 1.807) is 22.5 Å². The molecule has 1 aliphatic carbocycles. The Hall–Kier alpha value is -4.87.